The summed E-state index contributed by atoms with van der Waals surface area (Å²) in [7, 11) is 0. The van der Waals surface area contributed by atoms with E-state index in [1.807, 2.05) is 20.8 Å². The number of hydrogen-bond donors (Lipinski definition) is 2. The van der Waals surface area contributed by atoms with Crippen molar-refractivity contribution in [2.45, 2.75) is 46.1 Å². The smallest absolute Gasteiger partial charge is 0.419 e. The Kier molecular flexibility index (Phi) is 9.07. The van der Waals surface area contributed by atoms with E-state index >= 15 is 0 Å². The molecule has 0 bridgehead atoms. The number of esters is 1. The number of aryl methyl sites for hydroxylation is 2. The van der Waals surface area contributed by atoms with Gasteiger partial charge in [0.15, 0.2) is 5.82 Å². The number of hydrogen-bond acceptors (Lipinski definition) is 10. The quantitative estimate of drug-likeness (QED) is 0.154. The van der Waals surface area contributed by atoms with Gasteiger partial charge in [-0.15, -0.1) is 0 Å². The Bertz CT molecular complexity index is 1530. The number of ether oxygens (including phenoxy) is 2. The minimum absolute atomic E-state index is 0.205. The topological polar surface area (TPSA) is 161 Å². The Morgan fingerprint density at radius 1 is 1.17 bits per heavy atom. The number of anilines is 2. The molecule has 0 aliphatic heterocycles. The Balaban J connectivity index is 1.54. The largest absolute Gasteiger partial charge is 0.425 e. The van der Waals surface area contributed by atoms with Gasteiger partial charge in [-0.05, 0) is 62.4 Å². The predicted octanol–water partition coefficient (Wildman–Crippen LogP) is 3.23. The van der Waals surface area contributed by atoms with Crippen LogP contribution in [0.25, 0.3) is 5.52 Å². The summed E-state index contributed by atoms with van der Waals surface area (Å²) in [6.07, 6.45) is 6.35. The van der Waals surface area contributed by atoms with Crippen molar-refractivity contribution in [2.24, 2.45) is 0 Å². The van der Waals surface area contributed by atoms with Gasteiger partial charge in [0.1, 0.15) is 18.1 Å². The molecule has 3 amide bonds. The van der Waals surface area contributed by atoms with Crippen LogP contribution in [-0.4, -0.2) is 69.0 Å². The molecule has 2 heterocycles. The third-order valence-corrected chi connectivity index (χ3v) is 6.37. The highest BCUT2D eigenvalue weighted by Crippen LogP contribution is 2.31. The van der Waals surface area contributed by atoms with Crippen molar-refractivity contribution < 1.29 is 33.4 Å². The van der Waals surface area contributed by atoms with Crippen molar-refractivity contribution in [3.05, 3.63) is 65.1 Å². The van der Waals surface area contributed by atoms with Crippen LogP contribution >= 0.6 is 0 Å². The van der Waals surface area contributed by atoms with Crippen LogP contribution in [0.4, 0.5) is 16.3 Å². The van der Waals surface area contributed by atoms with Gasteiger partial charge in [0.2, 0.25) is 6.79 Å². The zero-order valence-electron chi connectivity index (χ0n) is 22.9. The molecule has 1 saturated carbocycles. The molecular formula is C28H30N6O7. The van der Waals surface area contributed by atoms with Crippen molar-refractivity contribution in [3.63, 3.8) is 0 Å². The maximum atomic E-state index is 13.4. The monoisotopic (exact) mass is 562 g/mol. The second-order valence-electron chi connectivity index (χ2n) is 9.37. The first-order valence-corrected chi connectivity index (χ1v) is 13.0. The summed E-state index contributed by atoms with van der Waals surface area (Å²) in [5, 5.41) is 10.3. The van der Waals surface area contributed by atoms with Gasteiger partial charge < -0.3 is 20.1 Å². The van der Waals surface area contributed by atoms with E-state index in [4.69, 9.17) is 9.47 Å². The molecule has 2 aromatic heterocycles. The van der Waals surface area contributed by atoms with Crippen LogP contribution < -0.4 is 10.6 Å². The summed E-state index contributed by atoms with van der Waals surface area (Å²) in [4.78, 5) is 65.9. The molecule has 1 fully saturated rings. The number of carbonyl (C=O) groups is 5. The average molecular weight is 563 g/mol. The molecule has 0 spiro atoms. The average Bonchev–Trinajstić information content (AvgIpc) is 3.73. The van der Waals surface area contributed by atoms with Crippen LogP contribution in [0, 0.1) is 13.8 Å². The summed E-state index contributed by atoms with van der Waals surface area (Å²) in [5.41, 5.74) is 3.37. The predicted molar refractivity (Wildman–Crippen MR) is 147 cm³/mol. The van der Waals surface area contributed by atoms with E-state index in [1.54, 1.807) is 28.9 Å². The second kappa shape index (κ2) is 12.9. The van der Waals surface area contributed by atoms with Crippen molar-refractivity contribution in [3.8, 4) is 0 Å². The van der Waals surface area contributed by atoms with Gasteiger partial charge in [-0.2, -0.15) is 5.10 Å². The molecule has 0 unspecified atom stereocenters. The number of aldehydes is 1. The minimum atomic E-state index is -0.949. The number of allylic oxidation sites excluding steroid dienone is 1. The molecule has 0 saturated heterocycles. The van der Waals surface area contributed by atoms with Gasteiger partial charge >= 0.3 is 12.1 Å². The van der Waals surface area contributed by atoms with E-state index in [9.17, 15) is 24.0 Å². The highest BCUT2D eigenvalue weighted by atomic mass is 16.7. The molecule has 0 atom stereocenters. The molecule has 4 rings (SSSR count). The maximum absolute atomic E-state index is 13.4. The zero-order valence-corrected chi connectivity index (χ0v) is 22.9. The lowest BCUT2D eigenvalue weighted by Crippen LogP contribution is -2.39. The van der Waals surface area contributed by atoms with E-state index in [2.05, 4.69) is 20.7 Å². The Morgan fingerprint density at radius 2 is 1.95 bits per heavy atom. The van der Waals surface area contributed by atoms with Gasteiger partial charge in [-0.1, -0.05) is 13.0 Å². The van der Waals surface area contributed by atoms with Crippen LogP contribution in [-0.2, 0) is 19.1 Å². The van der Waals surface area contributed by atoms with Crippen molar-refractivity contribution in [2.75, 3.05) is 18.7 Å². The van der Waals surface area contributed by atoms with Gasteiger partial charge in [0.05, 0.1) is 5.56 Å². The molecule has 13 heteroatoms. The van der Waals surface area contributed by atoms with Crippen LogP contribution in [0.3, 0.4) is 0 Å². The molecule has 1 aliphatic carbocycles. The number of nitrogens with zero attached hydrogens (tertiary/aromatic N) is 4. The first-order valence-electron chi connectivity index (χ1n) is 13.0. The lowest BCUT2D eigenvalue weighted by Gasteiger charge is -2.20. The molecule has 0 radical (unpaired) electrons. The zero-order chi connectivity index (χ0) is 29.5. The number of imide groups is 1. The van der Waals surface area contributed by atoms with Gasteiger partial charge in [-0.3, -0.25) is 14.4 Å². The first kappa shape index (κ1) is 28.9. The van der Waals surface area contributed by atoms with E-state index in [-0.39, 0.29) is 17.5 Å². The van der Waals surface area contributed by atoms with Crippen molar-refractivity contribution in [1.82, 2.24) is 24.8 Å². The molecule has 13 nitrogen and oxygen atoms in total. The van der Waals surface area contributed by atoms with Crippen LogP contribution in [0.1, 0.15) is 58.0 Å². The summed E-state index contributed by atoms with van der Waals surface area (Å²) in [5.74, 6) is -1.21. The molecule has 214 valence electrons. The fourth-order valence-corrected chi connectivity index (χ4v) is 4.08. The highest BCUT2D eigenvalue weighted by Gasteiger charge is 2.39. The maximum Gasteiger partial charge on any atom is 0.419 e. The van der Waals surface area contributed by atoms with Gasteiger partial charge in [-0.25, -0.2) is 24.0 Å². The van der Waals surface area contributed by atoms with Crippen molar-refractivity contribution >= 4 is 47.2 Å². The normalized spacial score (nSPS) is 12.7. The Morgan fingerprint density at radius 3 is 2.66 bits per heavy atom. The number of rotatable bonds is 11. The van der Waals surface area contributed by atoms with Crippen LogP contribution in [0.2, 0.25) is 0 Å². The fourth-order valence-electron chi connectivity index (χ4n) is 4.08. The van der Waals surface area contributed by atoms with Crippen LogP contribution in [0.15, 0.2) is 42.9 Å². The van der Waals surface area contributed by atoms with Crippen LogP contribution in [0.5, 0.6) is 0 Å². The second-order valence-corrected chi connectivity index (χ2v) is 9.37. The number of amides is 3. The number of carbonyl (C=O) groups excluding carboxylic acids is 5. The molecule has 2 N–H and O–H groups in total. The molecule has 3 aromatic rings. The lowest BCUT2D eigenvalue weighted by molar-refractivity contribution is -0.146. The molecule has 1 aromatic carbocycles. The number of aromatic nitrogens is 3. The van der Waals surface area contributed by atoms with Gasteiger partial charge in [0, 0.05) is 36.1 Å². The number of fused-ring (bicyclic) bond motifs is 1. The van der Waals surface area contributed by atoms with E-state index < -0.39 is 24.8 Å². The summed E-state index contributed by atoms with van der Waals surface area (Å²) in [6.45, 7) is 5.48. The Hall–Kier alpha value is -5.07. The standard InChI is InChI=1S/C28H30N6O7/c1-4-11-29-26(37)21-14-33-24(18(21)3)25(30-15-31-33)32-22-13-19(8-7-17(22)2)27(38)34(20-9-10-20)28(39)41-16-40-23(36)6-5-12-35/h5-8,12-15,20H,4,9-11,16H2,1-3H3,(H,29,37)(H,30,31,32)/b6-5+. The molecule has 1 aliphatic rings. The minimum Gasteiger partial charge on any atom is -0.425 e. The summed E-state index contributed by atoms with van der Waals surface area (Å²) < 4.78 is 11.3. The first-order chi connectivity index (χ1) is 19.7. The number of benzene rings is 1. The van der Waals surface area contributed by atoms with Crippen molar-refractivity contribution in [1.29, 1.82) is 0 Å². The SMILES string of the molecule is CCCNC(=O)c1cn2ncnc(Nc3cc(C(=O)N(C(=O)OCOC(=O)/C=C/C=O)C4CC4)ccc3C)c2c1C. The lowest BCUT2D eigenvalue weighted by atomic mass is 10.1. The highest BCUT2D eigenvalue weighted by molar-refractivity contribution is 6.04. The third kappa shape index (κ3) is 6.75. The molecular weight excluding hydrogens is 532 g/mol. The molecule has 41 heavy (non-hydrogen) atoms. The van der Waals surface area contributed by atoms with E-state index in [0.717, 1.165) is 29.0 Å². The number of nitrogens with one attached hydrogen (secondary N) is 2. The fraction of sp³-hybridized carbons (Fsp3) is 0.321. The summed E-state index contributed by atoms with van der Waals surface area (Å²) >= 11 is 0. The Labute approximate surface area is 235 Å². The summed E-state index contributed by atoms with van der Waals surface area (Å²) in [6, 6.07) is 4.61. The van der Waals surface area contributed by atoms with Gasteiger partial charge in [0.25, 0.3) is 11.8 Å². The van der Waals surface area contributed by atoms with E-state index in [1.165, 1.54) is 6.33 Å². The third-order valence-electron chi connectivity index (χ3n) is 6.37. The van der Waals surface area contributed by atoms with E-state index in [0.29, 0.717) is 53.8 Å².